The summed E-state index contributed by atoms with van der Waals surface area (Å²) in [6.45, 7) is 0. The first-order valence-electron chi connectivity index (χ1n) is 5.83. The highest BCUT2D eigenvalue weighted by Crippen LogP contribution is 2.36. The third kappa shape index (κ3) is 3.16. The second-order valence-corrected chi connectivity index (χ2v) is 4.85. The van der Waals surface area contributed by atoms with Crippen LogP contribution >= 0.6 is 11.6 Å². The van der Waals surface area contributed by atoms with E-state index in [1.807, 2.05) is 0 Å². The lowest BCUT2D eigenvalue weighted by Crippen LogP contribution is -2.42. The second-order valence-electron chi connectivity index (χ2n) is 4.41. The molecular formula is C12H4ClF7N2O2. The van der Waals surface area contributed by atoms with Gasteiger partial charge in [-0.25, -0.2) is 13.8 Å². The van der Waals surface area contributed by atoms with Crippen molar-refractivity contribution in [3.63, 3.8) is 0 Å². The first kappa shape index (κ1) is 18.0. The zero-order valence-electron chi connectivity index (χ0n) is 11.0. The van der Waals surface area contributed by atoms with Gasteiger partial charge in [0.05, 0.1) is 5.69 Å². The highest BCUT2D eigenvalue weighted by Gasteiger charge is 2.47. The maximum absolute atomic E-state index is 13.8. The fraction of sp³-hybridized carbons (Fsp3) is 0.167. The van der Waals surface area contributed by atoms with Crippen LogP contribution in [0.1, 0.15) is 11.3 Å². The van der Waals surface area contributed by atoms with E-state index in [1.165, 1.54) is 0 Å². The van der Waals surface area contributed by atoms with Crippen molar-refractivity contribution in [1.82, 2.24) is 9.55 Å². The lowest BCUT2D eigenvalue weighted by molar-refractivity contribution is -0.166. The van der Waals surface area contributed by atoms with Gasteiger partial charge >= 0.3 is 18.0 Å². The highest BCUT2D eigenvalue weighted by atomic mass is 35.5. The molecule has 1 heterocycles. The van der Waals surface area contributed by atoms with Crippen LogP contribution in [0.4, 0.5) is 30.7 Å². The van der Waals surface area contributed by atoms with Crippen LogP contribution < -0.4 is 11.2 Å². The molecule has 24 heavy (non-hydrogen) atoms. The number of nitrogens with zero attached hydrogens (tertiary/aromatic N) is 1. The van der Waals surface area contributed by atoms with E-state index in [1.54, 1.807) is 0 Å². The molecule has 12 heteroatoms. The Labute approximate surface area is 132 Å². The van der Waals surface area contributed by atoms with Gasteiger partial charge in [0.25, 0.3) is 5.56 Å². The molecule has 0 saturated carbocycles. The van der Waals surface area contributed by atoms with Gasteiger partial charge in [-0.1, -0.05) is 11.6 Å². The molecule has 0 bridgehead atoms. The van der Waals surface area contributed by atoms with Crippen molar-refractivity contribution in [1.29, 1.82) is 0 Å². The van der Waals surface area contributed by atoms with E-state index >= 15 is 0 Å². The van der Waals surface area contributed by atoms with Crippen molar-refractivity contribution < 1.29 is 30.7 Å². The largest absolute Gasteiger partial charge is 0.432 e. The smallest absolute Gasteiger partial charge is 0.302 e. The Kier molecular flexibility index (Phi) is 4.25. The number of rotatable bonds is 1. The van der Waals surface area contributed by atoms with Gasteiger partial charge in [0.1, 0.15) is 17.1 Å². The average molecular weight is 377 g/mol. The van der Waals surface area contributed by atoms with E-state index in [0.717, 1.165) is 11.1 Å². The molecule has 1 aromatic heterocycles. The zero-order valence-corrected chi connectivity index (χ0v) is 11.8. The fourth-order valence-electron chi connectivity index (χ4n) is 1.89. The van der Waals surface area contributed by atoms with Crippen LogP contribution in [-0.4, -0.2) is 9.55 Å². The molecule has 0 amide bonds. The Bertz CT molecular complexity index is 912. The lowest BCUT2D eigenvalue weighted by Gasteiger charge is -2.16. The average Bonchev–Trinajstić information content (AvgIpc) is 2.37. The van der Waals surface area contributed by atoms with Crippen LogP contribution in [0, 0.1) is 5.82 Å². The maximum atomic E-state index is 13.8. The third-order valence-electron chi connectivity index (χ3n) is 2.82. The highest BCUT2D eigenvalue weighted by molar-refractivity contribution is 6.30. The number of H-pyrrole nitrogens is 1. The van der Waals surface area contributed by atoms with Crippen molar-refractivity contribution >= 4 is 11.6 Å². The maximum Gasteiger partial charge on any atom is 0.432 e. The molecule has 4 nitrogen and oxygen atoms in total. The number of benzene rings is 1. The van der Waals surface area contributed by atoms with E-state index < -0.39 is 46.4 Å². The Morgan fingerprint density at radius 3 is 2.04 bits per heavy atom. The van der Waals surface area contributed by atoms with E-state index in [0.29, 0.717) is 12.1 Å². The number of alkyl halides is 6. The van der Waals surface area contributed by atoms with Gasteiger partial charge in [-0.15, -0.1) is 0 Å². The van der Waals surface area contributed by atoms with E-state index in [4.69, 9.17) is 11.6 Å². The van der Waals surface area contributed by atoms with Crippen LogP contribution in [-0.2, 0) is 12.4 Å². The number of aromatic nitrogens is 2. The molecule has 0 spiro atoms. The number of aromatic amines is 1. The van der Waals surface area contributed by atoms with E-state index in [-0.39, 0.29) is 9.59 Å². The molecule has 0 atom stereocenters. The SMILES string of the molecule is O=c1[nH]c(C(F)(F)F)c(C(F)(F)F)c(=O)n1-c1ccc(Cl)cc1F. The van der Waals surface area contributed by atoms with Crippen LogP contribution in [0.2, 0.25) is 5.02 Å². The van der Waals surface area contributed by atoms with Crippen LogP contribution in [0.5, 0.6) is 0 Å². The van der Waals surface area contributed by atoms with Gasteiger partial charge < -0.3 is 4.98 Å². The molecule has 0 unspecified atom stereocenters. The quantitative estimate of drug-likeness (QED) is 0.776. The van der Waals surface area contributed by atoms with E-state index in [9.17, 15) is 40.3 Å². The van der Waals surface area contributed by atoms with Crippen molar-refractivity contribution in [2.45, 2.75) is 12.4 Å². The summed E-state index contributed by atoms with van der Waals surface area (Å²) in [6.07, 6.45) is -11.4. The minimum Gasteiger partial charge on any atom is -0.302 e. The van der Waals surface area contributed by atoms with Gasteiger partial charge in [0.15, 0.2) is 0 Å². The predicted octanol–water partition coefficient (Wildman–Crippen LogP) is 3.36. The van der Waals surface area contributed by atoms with Crippen LogP contribution in [0.15, 0.2) is 27.8 Å². The summed E-state index contributed by atoms with van der Waals surface area (Å²) in [4.78, 5) is 24.5. The molecule has 130 valence electrons. The molecule has 0 radical (unpaired) electrons. The van der Waals surface area contributed by atoms with Crippen molar-refractivity contribution in [3.05, 3.63) is 61.1 Å². The minimum atomic E-state index is -5.74. The topological polar surface area (TPSA) is 54.9 Å². The normalized spacial score (nSPS) is 12.5. The monoisotopic (exact) mass is 376 g/mol. The number of hydrogen-bond acceptors (Lipinski definition) is 2. The number of nitrogens with one attached hydrogen (secondary N) is 1. The Hall–Kier alpha value is -2.30. The standard InChI is InChI=1S/C12H4ClF7N2O2/c13-4-1-2-6(5(14)3-4)22-9(23)7(11(15,16)17)8(12(18,19)20)21-10(22)24/h1-3H,(H,21,24). The number of halogens is 8. The fourth-order valence-corrected chi connectivity index (χ4v) is 2.05. The summed E-state index contributed by atoms with van der Waals surface area (Å²) >= 11 is 5.43. The summed E-state index contributed by atoms with van der Waals surface area (Å²) in [6, 6.07) is 2.20. The van der Waals surface area contributed by atoms with Gasteiger partial charge in [-0.2, -0.15) is 26.3 Å². The first-order valence-corrected chi connectivity index (χ1v) is 6.21. The summed E-state index contributed by atoms with van der Waals surface area (Å²) in [7, 11) is 0. The molecule has 0 fully saturated rings. The summed E-state index contributed by atoms with van der Waals surface area (Å²) in [5.41, 5.74) is -10.5. The lowest BCUT2D eigenvalue weighted by atomic mass is 10.2. The van der Waals surface area contributed by atoms with Crippen molar-refractivity contribution in [3.8, 4) is 5.69 Å². The van der Waals surface area contributed by atoms with Crippen molar-refractivity contribution in [2.75, 3.05) is 0 Å². The Balaban J connectivity index is 2.96. The zero-order chi connectivity index (χ0) is 18.4. The minimum absolute atomic E-state index is 0.205. The molecule has 0 saturated heterocycles. The second kappa shape index (κ2) is 5.65. The molecule has 1 aromatic carbocycles. The number of hydrogen-bond donors (Lipinski definition) is 1. The molecule has 0 aliphatic carbocycles. The molecule has 2 rings (SSSR count). The van der Waals surface area contributed by atoms with Gasteiger partial charge in [-0.05, 0) is 18.2 Å². The summed E-state index contributed by atoms with van der Waals surface area (Å²) < 4.78 is 90.1. The summed E-state index contributed by atoms with van der Waals surface area (Å²) in [5.74, 6) is -1.37. The van der Waals surface area contributed by atoms with Gasteiger partial charge in [-0.3, -0.25) is 4.79 Å². The van der Waals surface area contributed by atoms with Crippen LogP contribution in [0.3, 0.4) is 0 Å². The van der Waals surface area contributed by atoms with Crippen LogP contribution in [0.25, 0.3) is 5.69 Å². The first-order chi connectivity index (χ1) is 10.8. The third-order valence-corrected chi connectivity index (χ3v) is 3.05. The molecular weight excluding hydrogens is 373 g/mol. The molecule has 2 aromatic rings. The molecule has 0 aliphatic rings. The summed E-state index contributed by atoms with van der Waals surface area (Å²) in [5, 5.41) is -0.205. The van der Waals surface area contributed by atoms with Gasteiger partial charge in [0, 0.05) is 5.02 Å². The predicted molar refractivity (Wildman–Crippen MR) is 67.6 cm³/mol. The Morgan fingerprint density at radius 2 is 1.58 bits per heavy atom. The Morgan fingerprint density at radius 1 is 1.00 bits per heavy atom. The molecule has 1 N–H and O–H groups in total. The van der Waals surface area contributed by atoms with Crippen molar-refractivity contribution in [2.24, 2.45) is 0 Å². The molecule has 0 aliphatic heterocycles. The van der Waals surface area contributed by atoms with Gasteiger partial charge in [0.2, 0.25) is 0 Å². The van der Waals surface area contributed by atoms with E-state index in [2.05, 4.69) is 0 Å².